The second-order valence-electron chi connectivity index (χ2n) is 7.35. The molecule has 2 aromatic rings. The Bertz CT molecular complexity index is 874. The van der Waals surface area contributed by atoms with E-state index in [1.807, 2.05) is 24.4 Å². The van der Waals surface area contributed by atoms with E-state index in [0.717, 1.165) is 60.6 Å². The molecule has 1 atom stereocenters. The van der Waals surface area contributed by atoms with Gasteiger partial charge in [0.1, 0.15) is 0 Å². The van der Waals surface area contributed by atoms with Gasteiger partial charge in [-0.25, -0.2) is 0 Å². The smallest absolute Gasteiger partial charge is 0.191 e. The van der Waals surface area contributed by atoms with Crippen molar-refractivity contribution in [2.45, 2.75) is 19.5 Å². The van der Waals surface area contributed by atoms with Crippen LogP contribution in [0.2, 0.25) is 0 Å². The summed E-state index contributed by atoms with van der Waals surface area (Å²) in [5.41, 5.74) is 3.32. The molecule has 2 heterocycles. The van der Waals surface area contributed by atoms with E-state index >= 15 is 0 Å². The van der Waals surface area contributed by atoms with Crippen LogP contribution in [0.1, 0.15) is 22.9 Å². The molecular weight excluding hydrogens is 521 g/mol. The molecular formula is C23H34IN5O3. The molecule has 1 saturated heterocycles. The number of guanidine groups is 1. The first kappa shape index (κ1) is 26.1. The number of halogens is 1. The molecule has 1 unspecified atom stereocenters. The molecule has 32 heavy (non-hydrogen) atoms. The van der Waals surface area contributed by atoms with Crippen molar-refractivity contribution in [1.82, 2.24) is 20.5 Å². The maximum Gasteiger partial charge on any atom is 0.191 e. The first-order valence-electron chi connectivity index (χ1n) is 10.5. The summed E-state index contributed by atoms with van der Waals surface area (Å²) >= 11 is 0. The highest BCUT2D eigenvalue weighted by Gasteiger charge is 2.24. The molecule has 0 amide bonds. The molecule has 8 nitrogen and oxygen atoms in total. The quantitative estimate of drug-likeness (QED) is 0.295. The summed E-state index contributed by atoms with van der Waals surface area (Å²) in [5.74, 6) is 2.19. The molecule has 1 fully saturated rings. The number of ether oxygens (including phenoxy) is 3. The van der Waals surface area contributed by atoms with Gasteiger partial charge in [-0.2, -0.15) is 0 Å². The maximum absolute atomic E-state index is 5.56. The van der Waals surface area contributed by atoms with Crippen LogP contribution in [0.5, 0.6) is 11.5 Å². The molecule has 1 aromatic heterocycles. The van der Waals surface area contributed by atoms with Gasteiger partial charge in [0.05, 0.1) is 45.7 Å². The molecule has 0 spiro atoms. The van der Waals surface area contributed by atoms with Gasteiger partial charge >= 0.3 is 0 Å². The van der Waals surface area contributed by atoms with Crippen molar-refractivity contribution in [3.05, 3.63) is 53.3 Å². The maximum atomic E-state index is 5.56. The molecule has 1 aliphatic rings. The van der Waals surface area contributed by atoms with Crippen LogP contribution < -0.4 is 20.1 Å². The average Bonchev–Trinajstić information content (AvgIpc) is 2.82. The van der Waals surface area contributed by atoms with Crippen LogP contribution in [-0.4, -0.2) is 70.0 Å². The first-order chi connectivity index (χ1) is 15.2. The number of nitrogens with one attached hydrogen (secondary N) is 2. The monoisotopic (exact) mass is 555 g/mol. The number of morpholine rings is 1. The second-order valence-corrected chi connectivity index (χ2v) is 7.35. The van der Waals surface area contributed by atoms with E-state index in [2.05, 4.69) is 44.6 Å². The highest BCUT2D eigenvalue weighted by atomic mass is 127. The van der Waals surface area contributed by atoms with Gasteiger partial charge in [-0.05, 0) is 36.2 Å². The lowest BCUT2D eigenvalue weighted by Crippen LogP contribution is -2.46. The van der Waals surface area contributed by atoms with E-state index in [4.69, 9.17) is 14.2 Å². The Kier molecular flexibility index (Phi) is 11.0. The van der Waals surface area contributed by atoms with Crippen LogP contribution in [0.3, 0.4) is 0 Å². The number of benzene rings is 1. The number of aliphatic imine (C=N–C) groups is 1. The zero-order valence-electron chi connectivity index (χ0n) is 19.3. The van der Waals surface area contributed by atoms with Crippen molar-refractivity contribution >= 4 is 29.9 Å². The fraction of sp³-hybridized carbons (Fsp3) is 0.478. The lowest BCUT2D eigenvalue weighted by Gasteiger charge is -2.35. The summed E-state index contributed by atoms with van der Waals surface area (Å²) in [5, 5.41) is 6.84. The van der Waals surface area contributed by atoms with E-state index in [1.54, 1.807) is 21.3 Å². The Hall–Kier alpha value is -2.11. The molecule has 1 aromatic carbocycles. The number of rotatable bonds is 8. The predicted octanol–water partition coefficient (Wildman–Crippen LogP) is 2.76. The summed E-state index contributed by atoms with van der Waals surface area (Å²) in [4.78, 5) is 11.3. The highest BCUT2D eigenvalue weighted by molar-refractivity contribution is 14.0. The fourth-order valence-electron chi connectivity index (χ4n) is 3.69. The van der Waals surface area contributed by atoms with Crippen molar-refractivity contribution in [2.75, 3.05) is 54.1 Å². The highest BCUT2D eigenvalue weighted by Crippen LogP contribution is 2.32. The van der Waals surface area contributed by atoms with Crippen LogP contribution in [0.4, 0.5) is 0 Å². The standard InChI is InChI=1S/C23H33N5O3.HI/c1-17-6-5-9-25-19(17)15-26-23(24-2)27-16-20(28-10-12-31-13-11-28)18-7-8-21(29-3)22(14-18)30-4;/h5-9,14,20H,10-13,15-16H2,1-4H3,(H2,24,26,27);1H. The molecule has 9 heteroatoms. The molecule has 0 saturated carbocycles. The van der Waals surface area contributed by atoms with E-state index in [1.165, 1.54) is 0 Å². The van der Waals surface area contributed by atoms with Crippen LogP contribution in [0.25, 0.3) is 0 Å². The van der Waals surface area contributed by atoms with E-state index < -0.39 is 0 Å². The van der Waals surface area contributed by atoms with Gasteiger partial charge in [0.2, 0.25) is 0 Å². The Morgan fingerprint density at radius 3 is 2.56 bits per heavy atom. The van der Waals surface area contributed by atoms with E-state index in [-0.39, 0.29) is 30.0 Å². The zero-order valence-corrected chi connectivity index (χ0v) is 21.6. The molecule has 2 N–H and O–H groups in total. The summed E-state index contributed by atoms with van der Waals surface area (Å²) < 4.78 is 16.5. The summed E-state index contributed by atoms with van der Waals surface area (Å²) in [7, 11) is 5.09. The predicted molar refractivity (Wildman–Crippen MR) is 137 cm³/mol. The second kappa shape index (κ2) is 13.4. The van der Waals surface area contributed by atoms with Crippen molar-refractivity contribution < 1.29 is 14.2 Å². The van der Waals surface area contributed by atoms with Gasteiger partial charge in [-0.1, -0.05) is 12.1 Å². The van der Waals surface area contributed by atoms with Gasteiger partial charge in [-0.3, -0.25) is 14.9 Å². The number of hydrogen-bond acceptors (Lipinski definition) is 6. The molecule has 1 aliphatic heterocycles. The summed E-state index contributed by atoms with van der Waals surface area (Å²) in [6.45, 7) is 6.58. The Labute approximate surface area is 207 Å². The normalized spacial score (nSPS) is 15.4. The SMILES string of the molecule is CN=C(NCc1ncccc1C)NCC(c1ccc(OC)c(OC)c1)N1CCOCC1.I. The third-order valence-corrected chi connectivity index (χ3v) is 5.51. The minimum atomic E-state index is 0. The molecule has 176 valence electrons. The number of methoxy groups -OCH3 is 2. The lowest BCUT2D eigenvalue weighted by molar-refractivity contribution is 0.0169. The van der Waals surface area contributed by atoms with Crippen LogP contribution in [0.15, 0.2) is 41.5 Å². The van der Waals surface area contributed by atoms with Gasteiger partial charge in [-0.15, -0.1) is 24.0 Å². The Morgan fingerprint density at radius 1 is 1.16 bits per heavy atom. The summed E-state index contributed by atoms with van der Waals surface area (Å²) in [6.07, 6.45) is 1.81. The zero-order chi connectivity index (χ0) is 22.1. The minimum Gasteiger partial charge on any atom is -0.493 e. The van der Waals surface area contributed by atoms with Crippen molar-refractivity contribution in [1.29, 1.82) is 0 Å². The molecule has 0 radical (unpaired) electrons. The van der Waals surface area contributed by atoms with E-state index in [0.29, 0.717) is 13.1 Å². The Morgan fingerprint density at radius 2 is 1.91 bits per heavy atom. The number of pyridine rings is 1. The van der Waals surface area contributed by atoms with Crippen LogP contribution in [0, 0.1) is 6.92 Å². The lowest BCUT2D eigenvalue weighted by atomic mass is 10.0. The number of aromatic nitrogens is 1. The third-order valence-electron chi connectivity index (χ3n) is 5.51. The fourth-order valence-corrected chi connectivity index (χ4v) is 3.69. The van der Waals surface area contributed by atoms with Gasteiger partial charge in [0.15, 0.2) is 17.5 Å². The first-order valence-corrected chi connectivity index (χ1v) is 10.5. The van der Waals surface area contributed by atoms with Gasteiger partial charge in [0, 0.05) is 32.9 Å². The minimum absolute atomic E-state index is 0. The average molecular weight is 555 g/mol. The third kappa shape index (κ3) is 6.94. The molecule has 3 rings (SSSR count). The van der Waals surface area contributed by atoms with Gasteiger partial charge in [0.25, 0.3) is 0 Å². The van der Waals surface area contributed by atoms with Crippen LogP contribution in [-0.2, 0) is 11.3 Å². The molecule has 0 aliphatic carbocycles. The summed E-state index contributed by atoms with van der Waals surface area (Å²) in [6, 6.07) is 10.2. The number of aryl methyl sites for hydroxylation is 1. The largest absolute Gasteiger partial charge is 0.493 e. The number of nitrogens with zero attached hydrogens (tertiary/aromatic N) is 3. The van der Waals surface area contributed by atoms with Crippen molar-refractivity contribution in [3.63, 3.8) is 0 Å². The number of hydrogen-bond donors (Lipinski definition) is 2. The van der Waals surface area contributed by atoms with Crippen molar-refractivity contribution in [3.8, 4) is 11.5 Å². The van der Waals surface area contributed by atoms with E-state index in [9.17, 15) is 0 Å². The van der Waals surface area contributed by atoms with Crippen molar-refractivity contribution in [2.24, 2.45) is 4.99 Å². The van der Waals surface area contributed by atoms with Crippen LogP contribution >= 0.6 is 24.0 Å². The molecule has 0 bridgehead atoms. The van der Waals surface area contributed by atoms with Gasteiger partial charge < -0.3 is 24.8 Å². The topological polar surface area (TPSA) is 80.2 Å². The Balaban J connectivity index is 0.00000363.